The fourth-order valence-corrected chi connectivity index (χ4v) is 4.16. The van der Waals surface area contributed by atoms with Crippen molar-refractivity contribution in [1.82, 2.24) is 5.32 Å². The van der Waals surface area contributed by atoms with Gasteiger partial charge in [-0.05, 0) is 49.9 Å². The molecule has 1 aromatic carbocycles. The first-order valence-electron chi connectivity index (χ1n) is 7.35. The van der Waals surface area contributed by atoms with E-state index in [2.05, 4.69) is 11.4 Å². The summed E-state index contributed by atoms with van der Waals surface area (Å²) in [6, 6.07) is 7.17. The second kappa shape index (κ2) is 6.16. The SMILES string of the molecule is COc1cccc(F)c1C(C)NCc1cc2c(s1)CCC2. The van der Waals surface area contributed by atoms with Crippen LogP contribution in [0.25, 0.3) is 0 Å². The number of thiophene rings is 1. The van der Waals surface area contributed by atoms with E-state index in [1.165, 1.54) is 40.6 Å². The van der Waals surface area contributed by atoms with Gasteiger partial charge < -0.3 is 10.1 Å². The molecule has 112 valence electrons. The van der Waals surface area contributed by atoms with Crippen molar-refractivity contribution in [2.45, 2.75) is 38.8 Å². The minimum absolute atomic E-state index is 0.0851. The third kappa shape index (κ3) is 2.97. The van der Waals surface area contributed by atoms with E-state index in [1.807, 2.05) is 18.3 Å². The van der Waals surface area contributed by atoms with E-state index in [0.717, 1.165) is 6.54 Å². The van der Waals surface area contributed by atoms with E-state index in [9.17, 15) is 4.39 Å². The largest absolute Gasteiger partial charge is 0.496 e. The first-order valence-corrected chi connectivity index (χ1v) is 8.17. The number of aryl methyl sites for hydroxylation is 2. The molecule has 0 saturated heterocycles. The number of nitrogens with one attached hydrogen (secondary N) is 1. The number of fused-ring (bicyclic) bond motifs is 1. The summed E-state index contributed by atoms with van der Waals surface area (Å²) in [7, 11) is 1.58. The van der Waals surface area contributed by atoms with E-state index in [-0.39, 0.29) is 11.9 Å². The normalized spacial score (nSPS) is 15.0. The monoisotopic (exact) mass is 305 g/mol. The van der Waals surface area contributed by atoms with E-state index >= 15 is 0 Å². The van der Waals surface area contributed by atoms with Crippen molar-refractivity contribution in [3.8, 4) is 5.75 Å². The van der Waals surface area contributed by atoms with Gasteiger partial charge in [-0.3, -0.25) is 0 Å². The molecule has 1 aliphatic carbocycles. The average Bonchev–Trinajstić information content (AvgIpc) is 3.05. The Hall–Kier alpha value is -1.39. The maximum absolute atomic E-state index is 14.0. The fourth-order valence-electron chi connectivity index (χ4n) is 2.95. The molecular weight excluding hydrogens is 285 g/mol. The first kappa shape index (κ1) is 14.5. The number of hydrogen-bond acceptors (Lipinski definition) is 3. The average molecular weight is 305 g/mol. The molecule has 0 saturated carbocycles. The number of rotatable bonds is 5. The summed E-state index contributed by atoms with van der Waals surface area (Å²) >= 11 is 1.89. The van der Waals surface area contributed by atoms with E-state index in [1.54, 1.807) is 19.2 Å². The predicted octanol–water partition coefficient (Wildman–Crippen LogP) is 4.24. The molecule has 0 radical (unpaired) electrons. The highest BCUT2D eigenvalue weighted by Gasteiger charge is 2.18. The summed E-state index contributed by atoms with van der Waals surface area (Å²) in [5.74, 6) is 0.381. The Morgan fingerprint density at radius 3 is 3.00 bits per heavy atom. The molecule has 1 aliphatic rings. The Bertz CT molecular complexity index is 616. The Labute approximate surface area is 129 Å². The van der Waals surface area contributed by atoms with Gasteiger partial charge >= 0.3 is 0 Å². The molecule has 4 heteroatoms. The van der Waals surface area contributed by atoms with Crippen LogP contribution in [0.1, 0.15) is 40.3 Å². The molecule has 21 heavy (non-hydrogen) atoms. The highest BCUT2D eigenvalue weighted by molar-refractivity contribution is 7.12. The summed E-state index contributed by atoms with van der Waals surface area (Å²) in [6.07, 6.45) is 3.72. The maximum atomic E-state index is 14.0. The van der Waals surface area contributed by atoms with Gasteiger partial charge in [0.25, 0.3) is 0 Å². The lowest BCUT2D eigenvalue weighted by molar-refractivity contribution is 0.393. The molecule has 1 N–H and O–H groups in total. The molecular formula is C17H20FNOS. The van der Waals surface area contributed by atoms with Gasteiger partial charge in [-0.15, -0.1) is 11.3 Å². The van der Waals surface area contributed by atoms with Crippen LogP contribution in [0, 0.1) is 5.82 Å². The lowest BCUT2D eigenvalue weighted by atomic mass is 10.1. The summed E-state index contributed by atoms with van der Waals surface area (Å²) in [5.41, 5.74) is 2.11. The molecule has 3 rings (SSSR count). The van der Waals surface area contributed by atoms with Crippen LogP contribution in [-0.2, 0) is 19.4 Å². The van der Waals surface area contributed by atoms with Gasteiger partial charge in [0.2, 0.25) is 0 Å². The third-order valence-corrected chi connectivity index (χ3v) is 5.28. The van der Waals surface area contributed by atoms with Crippen LogP contribution >= 0.6 is 11.3 Å². The zero-order valence-electron chi connectivity index (χ0n) is 12.4. The summed E-state index contributed by atoms with van der Waals surface area (Å²) < 4.78 is 19.3. The number of benzene rings is 1. The first-order chi connectivity index (χ1) is 10.2. The zero-order chi connectivity index (χ0) is 14.8. The standard InChI is InChI=1S/C17H20FNOS/c1-11(17-14(18)6-4-7-15(17)20-2)19-10-13-9-12-5-3-8-16(12)21-13/h4,6-7,9,11,19H,3,5,8,10H2,1-2H3. The smallest absolute Gasteiger partial charge is 0.131 e. The van der Waals surface area contributed by atoms with Crippen LogP contribution in [-0.4, -0.2) is 7.11 Å². The van der Waals surface area contributed by atoms with Crippen molar-refractivity contribution in [1.29, 1.82) is 0 Å². The van der Waals surface area contributed by atoms with Crippen molar-refractivity contribution < 1.29 is 9.13 Å². The molecule has 1 atom stereocenters. The highest BCUT2D eigenvalue weighted by atomic mass is 32.1. The lowest BCUT2D eigenvalue weighted by Gasteiger charge is -2.17. The van der Waals surface area contributed by atoms with Gasteiger partial charge in [-0.1, -0.05) is 6.07 Å². The van der Waals surface area contributed by atoms with Gasteiger partial charge in [0.05, 0.1) is 7.11 Å². The molecule has 0 spiro atoms. The summed E-state index contributed by atoms with van der Waals surface area (Å²) in [5, 5.41) is 3.41. The lowest BCUT2D eigenvalue weighted by Crippen LogP contribution is -2.19. The minimum Gasteiger partial charge on any atom is -0.496 e. The Balaban J connectivity index is 1.70. The summed E-state index contributed by atoms with van der Waals surface area (Å²) in [6.45, 7) is 2.75. The van der Waals surface area contributed by atoms with Crippen molar-refractivity contribution >= 4 is 11.3 Å². The molecule has 0 bridgehead atoms. The van der Waals surface area contributed by atoms with Gasteiger partial charge in [-0.2, -0.15) is 0 Å². The molecule has 1 aromatic heterocycles. The third-order valence-electron chi connectivity index (χ3n) is 4.05. The van der Waals surface area contributed by atoms with E-state index in [0.29, 0.717) is 11.3 Å². The van der Waals surface area contributed by atoms with Gasteiger partial charge in [0.15, 0.2) is 0 Å². The van der Waals surface area contributed by atoms with Crippen molar-refractivity contribution in [3.05, 3.63) is 51.0 Å². The molecule has 0 fully saturated rings. The van der Waals surface area contributed by atoms with Crippen LogP contribution in [0.3, 0.4) is 0 Å². The van der Waals surface area contributed by atoms with Crippen LogP contribution in [0.4, 0.5) is 4.39 Å². The minimum atomic E-state index is -0.219. The number of hydrogen-bond donors (Lipinski definition) is 1. The van der Waals surface area contributed by atoms with Crippen molar-refractivity contribution in [3.63, 3.8) is 0 Å². The highest BCUT2D eigenvalue weighted by Crippen LogP contribution is 2.32. The second-order valence-corrected chi connectivity index (χ2v) is 6.69. The molecule has 1 heterocycles. The predicted molar refractivity (Wildman–Crippen MR) is 84.6 cm³/mol. The van der Waals surface area contributed by atoms with Crippen LogP contribution in [0.15, 0.2) is 24.3 Å². The number of ether oxygens (including phenoxy) is 1. The summed E-state index contributed by atoms with van der Waals surface area (Å²) in [4.78, 5) is 2.87. The fraction of sp³-hybridized carbons (Fsp3) is 0.412. The van der Waals surface area contributed by atoms with E-state index < -0.39 is 0 Å². The van der Waals surface area contributed by atoms with Crippen LogP contribution in [0.5, 0.6) is 5.75 Å². The molecule has 1 unspecified atom stereocenters. The Kier molecular flexibility index (Phi) is 4.27. The number of methoxy groups -OCH3 is 1. The van der Waals surface area contributed by atoms with Gasteiger partial charge in [0.1, 0.15) is 11.6 Å². The number of halogens is 1. The zero-order valence-corrected chi connectivity index (χ0v) is 13.2. The quantitative estimate of drug-likeness (QED) is 0.892. The van der Waals surface area contributed by atoms with Crippen LogP contribution < -0.4 is 10.1 Å². The molecule has 2 nitrogen and oxygen atoms in total. The second-order valence-electron chi connectivity index (χ2n) is 5.47. The topological polar surface area (TPSA) is 21.3 Å². The Morgan fingerprint density at radius 1 is 1.38 bits per heavy atom. The van der Waals surface area contributed by atoms with Crippen LogP contribution in [0.2, 0.25) is 0 Å². The van der Waals surface area contributed by atoms with Gasteiger partial charge in [0, 0.05) is 27.9 Å². The molecule has 0 amide bonds. The van der Waals surface area contributed by atoms with Crippen molar-refractivity contribution in [2.24, 2.45) is 0 Å². The van der Waals surface area contributed by atoms with Crippen molar-refractivity contribution in [2.75, 3.05) is 7.11 Å². The Morgan fingerprint density at radius 2 is 2.24 bits per heavy atom. The molecule has 0 aliphatic heterocycles. The van der Waals surface area contributed by atoms with E-state index in [4.69, 9.17) is 4.74 Å². The maximum Gasteiger partial charge on any atom is 0.131 e. The van der Waals surface area contributed by atoms with Gasteiger partial charge in [-0.25, -0.2) is 4.39 Å². The molecule has 2 aromatic rings.